The minimum absolute atomic E-state index is 0.225. The topological polar surface area (TPSA) is 17.8 Å². The summed E-state index contributed by atoms with van der Waals surface area (Å²) in [6.45, 7) is 2.18. The van der Waals surface area contributed by atoms with Gasteiger partial charge in [0.2, 0.25) is 0 Å². The third-order valence-electron chi connectivity index (χ3n) is 3.47. The maximum atomic E-state index is 6.27. The van der Waals surface area contributed by atoms with Gasteiger partial charge in [0.15, 0.2) is 0 Å². The summed E-state index contributed by atoms with van der Waals surface area (Å²) in [6, 6.07) is 8.28. The molecular weight excluding hydrogens is 311 g/mol. The van der Waals surface area contributed by atoms with Crippen molar-refractivity contribution in [3.8, 4) is 0 Å². The molecule has 0 aliphatic rings. The fourth-order valence-electron chi connectivity index (χ4n) is 2.49. The van der Waals surface area contributed by atoms with Gasteiger partial charge in [0.25, 0.3) is 0 Å². The highest BCUT2D eigenvalue weighted by Crippen LogP contribution is 2.30. The molecule has 0 saturated heterocycles. The van der Waals surface area contributed by atoms with Crippen LogP contribution in [0.15, 0.2) is 35.0 Å². The largest absolute Gasteiger partial charge is 0.321 e. The summed E-state index contributed by atoms with van der Waals surface area (Å²) in [6.07, 6.45) is 0.737. The van der Waals surface area contributed by atoms with Crippen LogP contribution in [0.5, 0.6) is 0 Å². The number of nitrogens with zero attached hydrogens (tertiary/aromatic N) is 2. The minimum atomic E-state index is 0.225. The third kappa shape index (κ3) is 2.34. The van der Waals surface area contributed by atoms with Crippen LogP contribution in [0.2, 0.25) is 5.02 Å². The molecule has 2 nitrogen and oxygen atoms in total. The number of aryl methyl sites for hydroxylation is 1. The highest BCUT2D eigenvalue weighted by atomic mass is 35.5. The van der Waals surface area contributed by atoms with E-state index < -0.39 is 0 Å². The van der Waals surface area contributed by atoms with Crippen LogP contribution in [-0.2, 0) is 6.42 Å². The zero-order valence-corrected chi connectivity index (χ0v) is 13.3. The van der Waals surface area contributed by atoms with E-state index in [9.17, 15) is 0 Å². The summed E-state index contributed by atoms with van der Waals surface area (Å²) in [5.41, 5.74) is 3.21. The van der Waals surface area contributed by atoms with E-state index >= 15 is 0 Å². The molecule has 0 aliphatic heterocycles. The number of thiophene rings is 1. The number of rotatable bonds is 4. The molecule has 0 fully saturated rings. The summed E-state index contributed by atoms with van der Waals surface area (Å²) in [4.78, 5) is 4.68. The maximum absolute atomic E-state index is 6.27. The average Bonchev–Trinajstić information content (AvgIpc) is 3.06. The summed E-state index contributed by atoms with van der Waals surface area (Å²) < 4.78 is 2.24. The second kappa shape index (κ2) is 5.76. The zero-order valence-electron chi connectivity index (χ0n) is 11.0. The smallest absolute Gasteiger partial charge is 0.111 e. The zero-order chi connectivity index (χ0) is 14.1. The van der Waals surface area contributed by atoms with Gasteiger partial charge in [0, 0.05) is 12.3 Å². The summed E-state index contributed by atoms with van der Waals surface area (Å²) >= 11 is 13.9. The van der Waals surface area contributed by atoms with Crippen molar-refractivity contribution >= 4 is 45.6 Å². The van der Waals surface area contributed by atoms with Crippen LogP contribution in [0.25, 0.3) is 11.0 Å². The van der Waals surface area contributed by atoms with E-state index in [0.29, 0.717) is 10.9 Å². The van der Waals surface area contributed by atoms with E-state index in [-0.39, 0.29) is 6.04 Å². The van der Waals surface area contributed by atoms with Gasteiger partial charge < -0.3 is 4.57 Å². The molecule has 0 amide bonds. The Balaban J connectivity index is 2.21. The molecule has 1 aromatic carbocycles. The maximum Gasteiger partial charge on any atom is 0.111 e. The van der Waals surface area contributed by atoms with Gasteiger partial charge in [0.05, 0.1) is 16.6 Å². The van der Waals surface area contributed by atoms with Gasteiger partial charge in [-0.3, -0.25) is 0 Å². The van der Waals surface area contributed by atoms with Crippen molar-refractivity contribution in [3.05, 3.63) is 51.4 Å². The number of hydrogen-bond donors (Lipinski definition) is 0. The number of aromatic nitrogens is 2. The van der Waals surface area contributed by atoms with Crippen LogP contribution in [0.1, 0.15) is 24.4 Å². The summed E-state index contributed by atoms with van der Waals surface area (Å²) in [7, 11) is 0. The van der Waals surface area contributed by atoms with Crippen LogP contribution < -0.4 is 0 Å². The van der Waals surface area contributed by atoms with E-state index in [1.807, 2.05) is 12.1 Å². The van der Waals surface area contributed by atoms with Crippen molar-refractivity contribution in [1.29, 1.82) is 0 Å². The third-order valence-corrected chi connectivity index (χ3v) is 4.67. The molecule has 5 heteroatoms. The standard InChI is InChI=1S/C15H14Cl2N2S/c1-10(11-6-8-20-9-11)19-13-4-2-3-12(17)15(13)18-14(19)5-7-16/h2-4,6,8-10H,5,7H2,1H3. The van der Waals surface area contributed by atoms with Gasteiger partial charge >= 0.3 is 0 Å². The van der Waals surface area contributed by atoms with Crippen molar-refractivity contribution in [1.82, 2.24) is 9.55 Å². The van der Waals surface area contributed by atoms with Crippen molar-refractivity contribution < 1.29 is 0 Å². The van der Waals surface area contributed by atoms with E-state index in [0.717, 1.165) is 23.3 Å². The van der Waals surface area contributed by atoms with Crippen molar-refractivity contribution in [2.45, 2.75) is 19.4 Å². The molecule has 104 valence electrons. The number of para-hydroxylation sites is 1. The number of hydrogen-bond acceptors (Lipinski definition) is 2. The first-order valence-corrected chi connectivity index (χ1v) is 8.31. The monoisotopic (exact) mass is 324 g/mol. The van der Waals surface area contributed by atoms with Crippen LogP contribution >= 0.6 is 34.5 Å². The van der Waals surface area contributed by atoms with Crippen LogP contribution in [-0.4, -0.2) is 15.4 Å². The quantitative estimate of drug-likeness (QED) is 0.607. The van der Waals surface area contributed by atoms with Gasteiger partial charge in [-0.05, 0) is 41.4 Å². The first-order valence-electron chi connectivity index (χ1n) is 6.45. The van der Waals surface area contributed by atoms with Crippen LogP contribution in [0.3, 0.4) is 0 Å². The predicted molar refractivity (Wildman–Crippen MR) is 87.3 cm³/mol. The molecule has 0 aliphatic carbocycles. The molecule has 1 atom stereocenters. The van der Waals surface area contributed by atoms with Gasteiger partial charge in [-0.15, -0.1) is 11.6 Å². The molecule has 0 saturated carbocycles. The second-order valence-electron chi connectivity index (χ2n) is 4.68. The fraction of sp³-hybridized carbons (Fsp3) is 0.267. The van der Waals surface area contributed by atoms with Gasteiger partial charge in [0.1, 0.15) is 11.3 Å². The average molecular weight is 325 g/mol. The highest BCUT2D eigenvalue weighted by Gasteiger charge is 2.18. The number of halogens is 2. The molecule has 0 N–H and O–H groups in total. The first-order chi connectivity index (χ1) is 9.72. The van der Waals surface area contributed by atoms with E-state index in [1.165, 1.54) is 5.56 Å². The Hall–Kier alpha value is -1.03. The molecular formula is C15H14Cl2N2S. The van der Waals surface area contributed by atoms with E-state index in [4.69, 9.17) is 23.2 Å². The Bertz CT molecular complexity index is 719. The van der Waals surface area contributed by atoms with Crippen molar-refractivity contribution in [2.75, 3.05) is 5.88 Å². The highest BCUT2D eigenvalue weighted by molar-refractivity contribution is 7.07. The molecule has 1 unspecified atom stereocenters. The number of benzene rings is 1. The summed E-state index contributed by atoms with van der Waals surface area (Å²) in [5.74, 6) is 1.54. The van der Waals surface area contributed by atoms with Crippen molar-refractivity contribution in [2.24, 2.45) is 0 Å². The molecule has 3 rings (SSSR count). The van der Waals surface area contributed by atoms with Crippen molar-refractivity contribution in [3.63, 3.8) is 0 Å². The lowest BCUT2D eigenvalue weighted by Crippen LogP contribution is -2.10. The van der Waals surface area contributed by atoms with Crippen LogP contribution in [0, 0.1) is 0 Å². The minimum Gasteiger partial charge on any atom is -0.321 e. The molecule has 3 aromatic rings. The molecule has 0 bridgehead atoms. The Morgan fingerprint density at radius 1 is 1.35 bits per heavy atom. The van der Waals surface area contributed by atoms with Gasteiger partial charge in [-0.1, -0.05) is 17.7 Å². The van der Waals surface area contributed by atoms with Gasteiger partial charge in [-0.25, -0.2) is 4.98 Å². The fourth-order valence-corrected chi connectivity index (χ4v) is 3.61. The number of alkyl halides is 1. The summed E-state index contributed by atoms with van der Waals surface area (Å²) in [5, 5.41) is 4.96. The number of imidazole rings is 1. The molecule has 20 heavy (non-hydrogen) atoms. The molecule has 0 spiro atoms. The first kappa shape index (κ1) is 13.9. The number of fused-ring (bicyclic) bond motifs is 1. The molecule has 2 heterocycles. The van der Waals surface area contributed by atoms with E-state index in [2.05, 4.69) is 39.4 Å². The Labute approximate surface area is 132 Å². The van der Waals surface area contributed by atoms with Gasteiger partial charge in [-0.2, -0.15) is 11.3 Å². The van der Waals surface area contributed by atoms with Crippen LogP contribution in [0.4, 0.5) is 0 Å². The molecule has 0 radical (unpaired) electrons. The normalized spacial score (nSPS) is 12.9. The second-order valence-corrected chi connectivity index (χ2v) is 6.24. The molecule has 2 aromatic heterocycles. The Kier molecular flexibility index (Phi) is 4.01. The SMILES string of the molecule is CC(c1ccsc1)n1c(CCCl)nc2c(Cl)cccc21. The lowest BCUT2D eigenvalue weighted by molar-refractivity contribution is 0.625. The Morgan fingerprint density at radius 2 is 2.20 bits per heavy atom. The lowest BCUT2D eigenvalue weighted by Gasteiger charge is -2.16. The predicted octanol–water partition coefficient (Wildman–Crippen LogP) is 5.14. The Morgan fingerprint density at radius 3 is 2.90 bits per heavy atom. The van der Waals surface area contributed by atoms with E-state index in [1.54, 1.807) is 11.3 Å². The lowest BCUT2D eigenvalue weighted by atomic mass is 10.1.